The maximum atomic E-state index is 8.56. The zero-order valence-corrected chi connectivity index (χ0v) is 5.20. The third-order valence-electron chi connectivity index (χ3n) is 0.200. The highest BCUT2D eigenvalue weighted by atomic mass is 16.6. The van der Waals surface area contributed by atoms with Crippen LogP contribution in [-0.4, -0.2) is 27.3 Å². The molecule has 3 N–H and O–H groups in total. The maximum absolute atomic E-state index is 8.56. The van der Waals surface area contributed by atoms with Crippen LogP contribution in [0, 0.1) is 0 Å². The average Bonchev–Trinajstić information content (AvgIpc) is 1.65. The largest absolute Gasteiger partial charge is 0.503 e. The molecule has 0 aromatic rings. The van der Waals surface area contributed by atoms with E-state index in [4.69, 9.17) is 20.2 Å². The van der Waals surface area contributed by atoms with Gasteiger partial charge in [-0.3, -0.25) is 0 Å². The zero-order valence-electron chi connectivity index (χ0n) is 5.20. The molecule has 9 heavy (non-hydrogen) atoms. The predicted octanol–water partition coefficient (Wildman–Crippen LogP) is 1.08. The normalized spacial score (nSPS) is 6.44. The maximum Gasteiger partial charge on any atom is 0.503 e. The molecule has 0 spiro atoms. The highest BCUT2D eigenvalue weighted by molar-refractivity contribution is 5.78. The Morgan fingerprint density at radius 1 is 1.33 bits per heavy atom. The first-order valence-electron chi connectivity index (χ1n) is 2.07. The van der Waals surface area contributed by atoms with Gasteiger partial charge in [0.15, 0.2) is 0 Å². The molecular weight excluding hydrogens is 126 g/mol. The van der Waals surface area contributed by atoms with Crippen LogP contribution in [0.3, 0.4) is 0 Å². The van der Waals surface area contributed by atoms with E-state index in [-0.39, 0.29) is 0 Å². The van der Waals surface area contributed by atoms with Crippen molar-refractivity contribution in [2.75, 3.05) is 0 Å². The van der Waals surface area contributed by atoms with Gasteiger partial charge in [-0.05, 0) is 13.8 Å². The monoisotopic (exact) mass is 135 g/mol. The highest BCUT2D eigenvalue weighted by Crippen LogP contribution is 1.62. The summed E-state index contributed by atoms with van der Waals surface area (Å²) in [5.41, 5.74) is 0.685. The first kappa shape index (κ1) is 10.7. The second kappa shape index (κ2) is 6.74. The van der Waals surface area contributed by atoms with E-state index in [9.17, 15) is 0 Å². The Morgan fingerprint density at radius 3 is 1.44 bits per heavy atom. The van der Waals surface area contributed by atoms with Gasteiger partial charge in [-0.25, -0.2) is 4.79 Å². The average molecular weight is 135 g/mol. The van der Waals surface area contributed by atoms with Crippen molar-refractivity contribution in [1.82, 2.24) is 0 Å². The third kappa shape index (κ3) is 277. The van der Waals surface area contributed by atoms with E-state index >= 15 is 0 Å². The van der Waals surface area contributed by atoms with Gasteiger partial charge in [0.1, 0.15) is 0 Å². The quantitative estimate of drug-likeness (QED) is 0.263. The zero-order chi connectivity index (χ0) is 7.86. The molecular formula is C4H9NO4. The molecule has 0 rings (SSSR count). The lowest BCUT2D eigenvalue weighted by molar-refractivity contribution is 0.137. The van der Waals surface area contributed by atoms with Crippen molar-refractivity contribution in [1.29, 1.82) is 0 Å². The molecule has 0 aliphatic rings. The summed E-state index contributed by atoms with van der Waals surface area (Å²) in [6.07, 6.45) is -1.83. The summed E-state index contributed by atoms with van der Waals surface area (Å²) in [6.45, 7) is 3.44. The van der Waals surface area contributed by atoms with Gasteiger partial charge in [0.2, 0.25) is 0 Å². The topological polar surface area (TPSA) is 90.1 Å². The number of hydrogen-bond donors (Lipinski definition) is 3. The molecule has 0 bridgehead atoms. The summed E-state index contributed by atoms with van der Waals surface area (Å²) in [7, 11) is 0. The van der Waals surface area contributed by atoms with E-state index in [0.29, 0.717) is 5.71 Å². The molecule has 54 valence electrons. The standard InChI is InChI=1S/C3H7NO.CH2O3/c1-3(2)4-5;2-1(3)4/h5H,1-2H3;(H2,2,3,4). The molecule has 0 saturated carbocycles. The van der Waals surface area contributed by atoms with Gasteiger partial charge in [0.05, 0.1) is 5.71 Å². The van der Waals surface area contributed by atoms with Gasteiger partial charge in [0.25, 0.3) is 0 Å². The van der Waals surface area contributed by atoms with Gasteiger partial charge in [-0.1, -0.05) is 5.16 Å². The minimum atomic E-state index is -1.83. The number of carbonyl (C=O) groups is 1. The fourth-order valence-electron chi connectivity index (χ4n) is 0. The Bertz CT molecular complexity index is 101. The van der Waals surface area contributed by atoms with Crippen LogP contribution in [0.4, 0.5) is 4.79 Å². The van der Waals surface area contributed by atoms with E-state index in [2.05, 4.69) is 5.16 Å². The summed E-state index contributed by atoms with van der Waals surface area (Å²) in [6, 6.07) is 0. The van der Waals surface area contributed by atoms with Crippen molar-refractivity contribution in [2.45, 2.75) is 13.8 Å². The first-order chi connectivity index (χ1) is 4.00. The first-order valence-corrected chi connectivity index (χ1v) is 2.07. The van der Waals surface area contributed by atoms with E-state index in [1.54, 1.807) is 13.8 Å². The molecule has 0 amide bonds. The van der Waals surface area contributed by atoms with Crippen molar-refractivity contribution in [2.24, 2.45) is 5.16 Å². The van der Waals surface area contributed by atoms with E-state index < -0.39 is 6.16 Å². The summed E-state index contributed by atoms with van der Waals surface area (Å²) in [5, 5.41) is 24.5. The summed E-state index contributed by atoms with van der Waals surface area (Å²) in [5.74, 6) is 0. The molecule has 0 radical (unpaired) electrons. The fraction of sp³-hybridized carbons (Fsp3) is 0.500. The summed E-state index contributed by atoms with van der Waals surface area (Å²) < 4.78 is 0. The summed E-state index contributed by atoms with van der Waals surface area (Å²) in [4.78, 5) is 8.56. The van der Waals surface area contributed by atoms with Crippen LogP contribution < -0.4 is 0 Å². The van der Waals surface area contributed by atoms with Gasteiger partial charge in [-0.15, -0.1) is 0 Å². The summed E-state index contributed by atoms with van der Waals surface area (Å²) >= 11 is 0. The Morgan fingerprint density at radius 2 is 1.44 bits per heavy atom. The van der Waals surface area contributed by atoms with E-state index in [0.717, 1.165) is 0 Å². The van der Waals surface area contributed by atoms with Crippen molar-refractivity contribution in [3.05, 3.63) is 0 Å². The smallest absolute Gasteiger partial charge is 0.450 e. The van der Waals surface area contributed by atoms with E-state index in [1.807, 2.05) is 0 Å². The molecule has 0 saturated heterocycles. The number of nitrogens with zero attached hydrogens (tertiary/aromatic N) is 1. The minimum Gasteiger partial charge on any atom is -0.450 e. The predicted molar refractivity (Wildman–Crippen MR) is 31.2 cm³/mol. The molecule has 0 aliphatic heterocycles. The van der Waals surface area contributed by atoms with Gasteiger partial charge in [0, 0.05) is 0 Å². The third-order valence-corrected chi connectivity index (χ3v) is 0.200. The van der Waals surface area contributed by atoms with Gasteiger partial charge >= 0.3 is 6.16 Å². The number of oxime groups is 1. The second-order valence-corrected chi connectivity index (χ2v) is 1.33. The van der Waals surface area contributed by atoms with Crippen LogP contribution in [0.2, 0.25) is 0 Å². The lowest BCUT2D eigenvalue weighted by Gasteiger charge is -1.72. The molecule has 0 aromatic heterocycles. The number of carboxylic acid groups (broad SMARTS) is 2. The van der Waals surface area contributed by atoms with Crippen LogP contribution in [0.5, 0.6) is 0 Å². The minimum absolute atomic E-state index is 0.685. The second-order valence-electron chi connectivity index (χ2n) is 1.33. The molecule has 0 unspecified atom stereocenters. The van der Waals surface area contributed by atoms with Crippen molar-refractivity contribution in [3.8, 4) is 0 Å². The molecule has 0 atom stereocenters. The van der Waals surface area contributed by atoms with Crippen LogP contribution in [0.15, 0.2) is 5.16 Å². The van der Waals surface area contributed by atoms with Crippen LogP contribution in [0.1, 0.15) is 13.8 Å². The molecule has 0 aromatic carbocycles. The van der Waals surface area contributed by atoms with Crippen LogP contribution in [0.25, 0.3) is 0 Å². The highest BCUT2D eigenvalue weighted by Gasteiger charge is 1.70. The molecule has 5 nitrogen and oxygen atoms in total. The fourth-order valence-corrected chi connectivity index (χ4v) is 0. The van der Waals surface area contributed by atoms with Gasteiger partial charge < -0.3 is 15.4 Å². The Balaban J connectivity index is 0. The molecule has 0 fully saturated rings. The van der Waals surface area contributed by atoms with Gasteiger partial charge in [-0.2, -0.15) is 0 Å². The Kier molecular flexibility index (Phi) is 7.99. The lowest BCUT2D eigenvalue weighted by atomic mass is 10.5. The Labute approximate surface area is 52.2 Å². The van der Waals surface area contributed by atoms with Crippen molar-refractivity contribution < 1.29 is 20.2 Å². The van der Waals surface area contributed by atoms with Crippen molar-refractivity contribution >= 4 is 11.9 Å². The lowest BCUT2D eigenvalue weighted by Crippen LogP contribution is -1.81. The molecule has 0 heterocycles. The molecule has 0 aliphatic carbocycles. The molecule has 5 heteroatoms. The van der Waals surface area contributed by atoms with Crippen LogP contribution >= 0.6 is 0 Å². The number of hydrogen-bond acceptors (Lipinski definition) is 3. The van der Waals surface area contributed by atoms with E-state index in [1.165, 1.54) is 0 Å². The van der Waals surface area contributed by atoms with Crippen molar-refractivity contribution in [3.63, 3.8) is 0 Å². The number of rotatable bonds is 0. The SMILES string of the molecule is CC(C)=NO.O=C(O)O. The van der Waals surface area contributed by atoms with Crippen LogP contribution in [-0.2, 0) is 0 Å². The Hall–Kier alpha value is -1.26.